The normalized spacial score (nSPS) is 12.3. The fourth-order valence-electron chi connectivity index (χ4n) is 1.66. The van der Waals surface area contributed by atoms with Crippen molar-refractivity contribution in [3.63, 3.8) is 0 Å². The molecule has 0 heterocycles. The van der Waals surface area contributed by atoms with Crippen molar-refractivity contribution < 1.29 is 92.4 Å². The van der Waals surface area contributed by atoms with E-state index >= 15 is 0 Å². The van der Waals surface area contributed by atoms with Crippen LogP contribution < -0.4 is 0 Å². The van der Waals surface area contributed by atoms with Gasteiger partial charge >= 0.3 is 42.7 Å². The molecule has 0 aliphatic heterocycles. The Morgan fingerprint density at radius 2 is 1.00 bits per heavy atom. The van der Waals surface area contributed by atoms with E-state index in [0.717, 1.165) is 0 Å². The van der Waals surface area contributed by atoms with Gasteiger partial charge in [0.15, 0.2) is 13.2 Å². The first-order valence-electron chi connectivity index (χ1n) is 10.4. The maximum absolute atomic E-state index is 13.6. The minimum atomic E-state index is -6.45. The Balaban J connectivity index is 4.65. The van der Waals surface area contributed by atoms with Crippen LogP contribution in [0, 0.1) is 0 Å². The molecule has 0 bridgehead atoms. The summed E-state index contributed by atoms with van der Waals surface area (Å²) in [7, 11) is 0. The molecule has 0 spiro atoms. The molecule has 12 nitrogen and oxygen atoms in total. The highest BCUT2D eigenvalue weighted by Gasteiger charge is 2.67. The van der Waals surface area contributed by atoms with Gasteiger partial charge in [-0.25, -0.2) is 33.6 Å². The Labute approximate surface area is 220 Å². The SMILES string of the molecule is C=C(C)COOCCOC(=O)OCC(F)(F)OC(F)(F)C(F)(F)OC(F)(F)COC(=O)OCCOC(=O)C(=C)C. The molecule has 0 N–H and O–H groups in total. The number of rotatable bonds is 19. The molecule has 0 aliphatic carbocycles. The smallest absolute Gasteiger partial charge is 0.459 e. The van der Waals surface area contributed by atoms with E-state index < -0.39 is 82.4 Å². The lowest BCUT2D eigenvalue weighted by Crippen LogP contribution is -2.53. The number of ether oxygens (including phenoxy) is 7. The standard InChI is InChI=1S/C20H24F8O12/c1-12(2)9-38-37-8-7-34-16(31)36-11-18(23,24)40-20(27,28)19(25,26)39-17(21,22)10-35-15(30)33-6-5-32-14(29)13(3)4/h1,3,5-11H2,2,4H3. The van der Waals surface area contributed by atoms with Gasteiger partial charge in [-0.1, -0.05) is 18.7 Å². The average Bonchev–Trinajstić information content (AvgIpc) is 2.79. The minimum Gasteiger partial charge on any atom is -0.459 e. The lowest BCUT2D eigenvalue weighted by molar-refractivity contribution is -0.515. The van der Waals surface area contributed by atoms with E-state index in [1.165, 1.54) is 6.92 Å². The van der Waals surface area contributed by atoms with E-state index in [9.17, 15) is 49.5 Å². The quantitative estimate of drug-likeness (QED) is 0.0302. The fourth-order valence-corrected chi connectivity index (χ4v) is 1.66. The number of hydrogen-bond donors (Lipinski definition) is 0. The number of esters is 1. The van der Waals surface area contributed by atoms with Crippen LogP contribution in [0.5, 0.6) is 0 Å². The Bertz CT molecular complexity index is 882. The first-order chi connectivity index (χ1) is 18.2. The highest BCUT2D eigenvalue weighted by molar-refractivity contribution is 5.86. The van der Waals surface area contributed by atoms with Crippen LogP contribution in [-0.4, -0.2) is 89.0 Å². The van der Waals surface area contributed by atoms with Crippen molar-refractivity contribution in [2.45, 2.75) is 38.3 Å². The van der Waals surface area contributed by atoms with Gasteiger partial charge in [0.2, 0.25) is 0 Å². The summed E-state index contributed by atoms with van der Waals surface area (Å²) in [5.41, 5.74) is 0.529. The van der Waals surface area contributed by atoms with E-state index in [1.54, 1.807) is 6.92 Å². The second-order valence-corrected chi connectivity index (χ2v) is 7.24. The third-order valence-electron chi connectivity index (χ3n) is 3.27. The van der Waals surface area contributed by atoms with Gasteiger partial charge in [0.25, 0.3) is 0 Å². The molecular weight excluding hydrogens is 584 g/mol. The molecule has 40 heavy (non-hydrogen) atoms. The summed E-state index contributed by atoms with van der Waals surface area (Å²) >= 11 is 0. The van der Waals surface area contributed by atoms with E-state index in [0.29, 0.717) is 5.57 Å². The fraction of sp³-hybridized carbons (Fsp3) is 0.650. The Morgan fingerprint density at radius 3 is 1.40 bits per heavy atom. The molecule has 232 valence electrons. The number of carbonyl (C=O) groups excluding carboxylic acids is 3. The summed E-state index contributed by atoms with van der Waals surface area (Å²) in [6.07, 6.45) is -27.5. The molecule has 0 rings (SSSR count). The van der Waals surface area contributed by atoms with Crippen LogP contribution in [0.2, 0.25) is 0 Å². The van der Waals surface area contributed by atoms with E-state index in [1.807, 2.05) is 0 Å². The molecule has 0 saturated heterocycles. The molecule has 0 aliphatic rings. The molecule has 20 heteroatoms. The molecule has 0 aromatic carbocycles. The van der Waals surface area contributed by atoms with Crippen molar-refractivity contribution in [3.05, 3.63) is 24.3 Å². The number of alkyl halides is 8. The van der Waals surface area contributed by atoms with Gasteiger partial charge in [0.05, 0.1) is 0 Å². The lowest BCUT2D eigenvalue weighted by atomic mass is 10.4. The zero-order valence-corrected chi connectivity index (χ0v) is 20.8. The third-order valence-corrected chi connectivity index (χ3v) is 3.27. The van der Waals surface area contributed by atoms with Crippen LogP contribution in [0.1, 0.15) is 13.8 Å². The summed E-state index contributed by atoms with van der Waals surface area (Å²) in [4.78, 5) is 42.4. The largest absolute Gasteiger partial charge is 0.508 e. The molecule has 0 amide bonds. The van der Waals surface area contributed by atoms with E-state index in [-0.39, 0.29) is 12.2 Å². The van der Waals surface area contributed by atoms with Gasteiger partial charge in [-0.3, -0.25) is 0 Å². The van der Waals surface area contributed by atoms with Crippen molar-refractivity contribution in [2.24, 2.45) is 0 Å². The summed E-state index contributed by atoms with van der Waals surface area (Å²) in [6.45, 7) is 2.23. The van der Waals surface area contributed by atoms with E-state index in [4.69, 9.17) is 0 Å². The molecule has 0 saturated carbocycles. The van der Waals surface area contributed by atoms with Gasteiger partial charge in [0.1, 0.15) is 33.0 Å². The van der Waals surface area contributed by atoms with Crippen LogP contribution in [0.4, 0.5) is 44.7 Å². The van der Waals surface area contributed by atoms with Crippen molar-refractivity contribution in [1.82, 2.24) is 0 Å². The van der Waals surface area contributed by atoms with Crippen LogP contribution >= 0.6 is 0 Å². The van der Waals surface area contributed by atoms with Gasteiger partial charge in [-0.05, 0) is 13.8 Å². The Kier molecular flexibility index (Phi) is 14.8. The second kappa shape index (κ2) is 16.1. The molecule has 0 atom stereocenters. The van der Waals surface area contributed by atoms with Crippen LogP contribution in [-0.2, 0) is 47.7 Å². The molecule has 0 aromatic rings. The van der Waals surface area contributed by atoms with Crippen molar-refractivity contribution >= 4 is 18.3 Å². The predicted molar refractivity (Wildman–Crippen MR) is 109 cm³/mol. The average molecular weight is 608 g/mol. The zero-order chi connectivity index (χ0) is 31.2. The third kappa shape index (κ3) is 16.0. The molecule has 0 unspecified atom stereocenters. The second-order valence-electron chi connectivity index (χ2n) is 7.24. The van der Waals surface area contributed by atoms with Gasteiger partial charge in [0, 0.05) is 5.57 Å². The van der Waals surface area contributed by atoms with Gasteiger partial charge in [-0.15, -0.1) is 0 Å². The van der Waals surface area contributed by atoms with Crippen molar-refractivity contribution in [1.29, 1.82) is 0 Å². The number of carbonyl (C=O) groups is 3. The lowest BCUT2D eigenvalue weighted by Gasteiger charge is -2.30. The highest BCUT2D eigenvalue weighted by atomic mass is 19.3. The first-order valence-corrected chi connectivity index (χ1v) is 10.4. The molecular formula is C20H24F8O12. The monoisotopic (exact) mass is 608 g/mol. The van der Waals surface area contributed by atoms with Crippen molar-refractivity contribution in [3.8, 4) is 0 Å². The zero-order valence-electron chi connectivity index (χ0n) is 20.8. The van der Waals surface area contributed by atoms with Crippen molar-refractivity contribution in [2.75, 3.05) is 46.2 Å². The van der Waals surface area contributed by atoms with Crippen LogP contribution in [0.25, 0.3) is 0 Å². The topological polar surface area (TPSA) is 134 Å². The highest BCUT2D eigenvalue weighted by Crippen LogP contribution is 2.43. The van der Waals surface area contributed by atoms with E-state index in [2.05, 4.69) is 56.1 Å². The Morgan fingerprint density at radius 1 is 0.600 bits per heavy atom. The first kappa shape index (κ1) is 36.8. The maximum atomic E-state index is 13.6. The summed E-state index contributed by atoms with van der Waals surface area (Å²) in [6, 6.07) is 0. The maximum Gasteiger partial charge on any atom is 0.508 e. The summed E-state index contributed by atoms with van der Waals surface area (Å²) < 4.78 is 134. The predicted octanol–water partition coefficient (Wildman–Crippen LogP) is 4.34. The molecule has 0 aromatic heterocycles. The summed E-state index contributed by atoms with van der Waals surface area (Å²) in [5.74, 6) is -0.898. The number of hydrogen-bond acceptors (Lipinski definition) is 12. The summed E-state index contributed by atoms with van der Waals surface area (Å²) in [5, 5.41) is 0. The minimum absolute atomic E-state index is 0.0293. The molecule has 0 radical (unpaired) electrons. The molecule has 0 fully saturated rings. The van der Waals surface area contributed by atoms with Gasteiger partial charge < -0.3 is 23.7 Å². The van der Waals surface area contributed by atoms with Crippen LogP contribution in [0.15, 0.2) is 24.3 Å². The number of halogens is 8. The Hall–Kier alpha value is -3.23. The van der Waals surface area contributed by atoms with Gasteiger partial charge in [-0.2, -0.15) is 35.1 Å². The van der Waals surface area contributed by atoms with Crippen LogP contribution in [0.3, 0.4) is 0 Å².